The van der Waals surface area contributed by atoms with E-state index in [0.29, 0.717) is 22.9 Å². The number of carbonyl (C=O) groups excluding carboxylic acids is 2. The van der Waals surface area contributed by atoms with E-state index in [1.165, 1.54) is 33.9 Å². The zero-order chi connectivity index (χ0) is 20.9. The van der Waals surface area contributed by atoms with Crippen molar-refractivity contribution in [3.63, 3.8) is 0 Å². The predicted molar refractivity (Wildman–Crippen MR) is 123 cm³/mol. The van der Waals surface area contributed by atoms with E-state index in [-0.39, 0.29) is 11.8 Å². The predicted octanol–water partition coefficient (Wildman–Crippen LogP) is 4.05. The Morgan fingerprint density at radius 2 is 1.93 bits per heavy atom. The third-order valence-corrected chi connectivity index (χ3v) is 6.79. The van der Waals surface area contributed by atoms with Crippen molar-refractivity contribution in [3.8, 4) is 0 Å². The van der Waals surface area contributed by atoms with Crippen LogP contribution in [0.15, 0.2) is 47.2 Å². The SMILES string of the molecule is Cc1cccc(N2CCN(C(=O)CCc3csc(NC(=O)c4cccs4)n3)CC2)c1. The molecule has 0 unspecified atom stereocenters. The van der Waals surface area contributed by atoms with Gasteiger partial charge in [0, 0.05) is 43.7 Å². The zero-order valence-corrected chi connectivity index (χ0v) is 18.5. The second kappa shape index (κ2) is 9.40. The minimum Gasteiger partial charge on any atom is -0.368 e. The van der Waals surface area contributed by atoms with Crippen LogP contribution in [0.25, 0.3) is 0 Å². The first-order valence-corrected chi connectivity index (χ1v) is 11.7. The molecule has 8 heteroatoms. The molecule has 2 amide bonds. The number of thiophene rings is 1. The molecule has 4 rings (SSSR count). The van der Waals surface area contributed by atoms with Gasteiger partial charge in [0.2, 0.25) is 5.91 Å². The molecule has 0 bridgehead atoms. The summed E-state index contributed by atoms with van der Waals surface area (Å²) in [5.41, 5.74) is 3.31. The quantitative estimate of drug-likeness (QED) is 0.628. The summed E-state index contributed by atoms with van der Waals surface area (Å²) in [6.45, 7) is 5.29. The lowest BCUT2D eigenvalue weighted by molar-refractivity contribution is -0.131. The number of nitrogens with zero attached hydrogens (tertiary/aromatic N) is 3. The molecule has 0 aliphatic carbocycles. The van der Waals surface area contributed by atoms with Crippen molar-refractivity contribution in [3.05, 3.63) is 63.3 Å². The number of benzene rings is 1. The van der Waals surface area contributed by atoms with E-state index in [1.807, 2.05) is 21.7 Å². The second-order valence-electron chi connectivity index (χ2n) is 7.28. The van der Waals surface area contributed by atoms with E-state index < -0.39 is 0 Å². The first-order valence-electron chi connectivity index (χ1n) is 9.97. The Kier molecular flexibility index (Phi) is 6.44. The van der Waals surface area contributed by atoms with E-state index >= 15 is 0 Å². The number of anilines is 2. The summed E-state index contributed by atoms with van der Waals surface area (Å²) in [6.07, 6.45) is 1.02. The number of hydrogen-bond donors (Lipinski definition) is 1. The minimum absolute atomic E-state index is 0.145. The number of aryl methyl sites for hydroxylation is 2. The molecule has 1 aliphatic heterocycles. The van der Waals surface area contributed by atoms with Gasteiger partial charge in [0.1, 0.15) is 0 Å². The van der Waals surface area contributed by atoms with Crippen LogP contribution < -0.4 is 10.2 Å². The molecule has 3 heterocycles. The van der Waals surface area contributed by atoms with Crippen molar-refractivity contribution in [1.29, 1.82) is 0 Å². The van der Waals surface area contributed by atoms with Crippen LogP contribution in [0, 0.1) is 6.92 Å². The highest BCUT2D eigenvalue weighted by Gasteiger charge is 2.21. The fraction of sp³-hybridized carbons (Fsp3) is 0.318. The maximum atomic E-state index is 12.6. The number of aromatic nitrogens is 1. The molecule has 1 aromatic carbocycles. The molecule has 2 aromatic heterocycles. The van der Waals surface area contributed by atoms with E-state index in [4.69, 9.17) is 0 Å². The van der Waals surface area contributed by atoms with Gasteiger partial charge in [0.05, 0.1) is 10.6 Å². The summed E-state index contributed by atoms with van der Waals surface area (Å²) < 4.78 is 0. The van der Waals surface area contributed by atoms with Crippen LogP contribution in [0.5, 0.6) is 0 Å². The Morgan fingerprint density at radius 3 is 2.67 bits per heavy atom. The van der Waals surface area contributed by atoms with Crippen LogP contribution in [0.2, 0.25) is 0 Å². The van der Waals surface area contributed by atoms with Crippen molar-refractivity contribution in [1.82, 2.24) is 9.88 Å². The molecule has 1 aliphatic rings. The van der Waals surface area contributed by atoms with Crippen LogP contribution in [-0.4, -0.2) is 47.9 Å². The maximum Gasteiger partial charge on any atom is 0.267 e. The molecule has 0 spiro atoms. The molecule has 0 saturated carbocycles. The third-order valence-electron chi connectivity index (χ3n) is 5.11. The standard InChI is InChI=1S/C22H24N4O2S2/c1-16-4-2-5-18(14-16)25-9-11-26(12-10-25)20(27)8-7-17-15-30-22(23-17)24-21(28)19-6-3-13-29-19/h2-6,13-15H,7-12H2,1H3,(H,23,24,28). The number of thiazole rings is 1. The summed E-state index contributed by atoms with van der Waals surface area (Å²) in [7, 11) is 0. The molecule has 1 saturated heterocycles. The van der Waals surface area contributed by atoms with E-state index in [2.05, 4.69) is 46.4 Å². The lowest BCUT2D eigenvalue weighted by atomic mass is 10.1. The number of carbonyl (C=O) groups is 2. The molecule has 1 N–H and O–H groups in total. The summed E-state index contributed by atoms with van der Waals surface area (Å²) in [6, 6.07) is 12.1. The molecule has 1 fully saturated rings. The Hall–Kier alpha value is -2.71. The van der Waals surface area contributed by atoms with Gasteiger partial charge in [-0.1, -0.05) is 18.2 Å². The number of piperazine rings is 1. The summed E-state index contributed by atoms with van der Waals surface area (Å²) in [4.78, 5) is 34.1. The van der Waals surface area contributed by atoms with Crippen molar-refractivity contribution < 1.29 is 9.59 Å². The normalized spacial score (nSPS) is 14.0. The molecule has 6 nitrogen and oxygen atoms in total. The Bertz CT molecular complexity index is 1010. The highest BCUT2D eigenvalue weighted by molar-refractivity contribution is 7.14. The molecule has 156 valence electrons. The lowest BCUT2D eigenvalue weighted by Crippen LogP contribution is -2.48. The Balaban J connectivity index is 1.23. The summed E-state index contributed by atoms with van der Waals surface area (Å²) >= 11 is 2.79. The third kappa shape index (κ3) is 5.06. The first-order chi connectivity index (χ1) is 14.6. The fourth-order valence-corrected chi connectivity index (χ4v) is 4.84. The van der Waals surface area contributed by atoms with E-state index in [1.54, 1.807) is 6.07 Å². The van der Waals surface area contributed by atoms with Crippen LogP contribution in [0.3, 0.4) is 0 Å². The second-order valence-corrected chi connectivity index (χ2v) is 9.09. The smallest absolute Gasteiger partial charge is 0.267 e. The monoisotopic (exact) mass is 440 g/mol. The van der Waals surface area contributed by atoms with E-state index in [0.717, 1.165) is 31.9 Å². The van der Waals surface area contributed by atoms with Gasteiger partial charge >= 0.3 is 0 Å². The van der Waals surface area contributed by atoms with Gasteiger partial charge < -0.3 is 9.80 Å². The van der Waals surface area contributed by atoms with Crippen molar-refractivity contribution in [2.45, 2.75) is 19.8 Å². The number of amides is 2. The fourth-order valence-electron chi connectivity index (χ4n) is 3.48. The van der Waals surface area contributed by atoms with Gasteiger partial charge in [-0.25, -0.2) is 4.98 Å². The highest BCUT2D eigenvalue weighted by atomic mass is 32.1. The van der Waals surface area contributed by atoms with Gasteiger partial charge in [-0.05, 0) is 42.5 Å². The average Bonchev–Trinajstić information content (AvgIpc) is 3.44. The first kappa shape index (κ1) is 20.6. The van der Waals surface area contributed by atoms with Crippen LogP contribution in [-0.2, 0) is 11.2 Å². The lowest BCUT2D eigenvalue weighted by Gasteiger charge is -2.36. The molecule has 0 radical (unpaired) electrons. The summed E-state index contributed by atoms with van der Waals surface area (Å²) in [5.74, 6) is 0.0181. The van der Waals surface area contributed by atoms with Crippen molar-refractivity contribution in [2.75, 3.05) is 36.4 Å². The molecular weight excluding hydrogens is 416 g/mol. The minimum atomic E-state index is -0.145. The van der Waals surface area contributed by atoms with Crippen LogP contribution in [0.4, 0.5) is 10.8 Å². The van der Waals surface area contributed by atoms with Gasteiger partial charge in [-0.3, -0.25) is 14.9 Å². The molecule has 3 aromatic rings. The number of hydrogen-bond acceptors (Lipinski definition) is 6. The number of rotatable bonds is 6. The van der Waals surface area contributed by atoms with Crippen molar-refractivity contribution in [2.24, 2.45) is 0 Å². The number of nitrogens with one attached hydrogen (secondary N) is 1. The molecule has 0 atom stereocenters. The molecular formula is C22H24N4O2S2. The van der Waals surface area contributed by atoms with Gasteiger partial charge in [0.15, 0.2) is 5.13 Å². The Morgan fingerprint density at radius 1 is 1.10 bits per heavy atom. The van der Waals surface area contributed by atoms with Crippen LogP contribution in [0.1, 0.15) is 27.3 Å². The largest absolute Gasteiger partial charge is 0.368 e. The van der Waals surface area contributed by atoms with Gasteiger partial charge in [-0.15, -0.1) is 22.7 Å². The molecule has 30 heavy (non-hydrogen) atoms. The zero-order valence-electron chi connectivity index (χ0n) is 16.8. The topological polar surface area (TPSA) is 65.5 Å². The summed E-state index contributed by atoms with van der Waals surface area (Å²) in [5, 5.41) is 7.17. The van der Waals surface area contributed by atoms with Gasteiger partial charge in [0.25, 0.3) is 5.91 Å². The van der Waals surface area contributed by atoms with Gasteiger partial charge in [-0.2, -0.15) is 0 Å². The Labute approximate surface area is 184 Å². The van der Waals surface area contributed by atoms with Crippen molar-refractivity contribution >= 4 is 45.3 Å². The maximum absolute atomic E-state index is 12.6. The van der Waals surface area contributed by atoms with E-state index in [9.17, 15) is 9.59 Å². The highest BCUT2D eigenvalue weighted by Crippen LogP contribution is 2.20. The average molecular weight is 441 g/mol. The van der Waals surface area contributed by atoms with Crippen LogP contribution >= 0.6 is 22.7 Å².